The number of pyridine rings is 2. The third kappa shape index (κ3) is 6.76. The maximum Gasteiger partial charge on any atom is 0.251 e. The lowest BCUT2D eigenvalue weighted by atomic mass is 9.87. The van der Waals surface area contributed by atoms with Crippen LogP contribution < -0.4 is 10.6 Å². The van der Waals surface area contributed by atoms with E-state index in [-0.39, 0.29) is 23.9 Å². The Morgan fingerprint density at radius 3 is 1.45 bits per heavy atom. The fourth-order valence-electron chi connectivity index (χ4n) is 6.14. The Balaban J connectivity index is 1.25. The predicted molar refractivity (Wildman–Crippen MR) is 173 cm³/mol. The van der Waals surface area contributed by atoms with Crippen LogP contribution in [0.5, 0.6) is 0 Å². The lowest BCUT2D eigenvalue weighted by molar-refractivity contribution is 0.0914. The molecule has 2 amide bonds. The minimum atomic E-state index is -0.0324. The molecule has 2 aliphatic rings. The molecular weight excluding hydrogens is 561 g/mol. The second kappa shape index (κ2) is 13.0. The van der Waals surface area contributed by atoms with Gasteiger partial charge in [0.25, 0.3) is 11.8 Å². The molecule has 0 aliphatic heterocycles. The summed E-state index contributed by atoms with van der Waals surface area (Å²) in [6.45, 7) is 4.57. The second-order valence-corrected chi connectivity index (χ2v) is 14.3. The van der Waals surface area contributed by atoms with Crippen LogP contribution in [0.3, 0.4) is 0 Å². The van der Waals surface area contributed by atoms with Crippen LogP contribution in [0, 0.1) is 11.8 Å². The maximum atomic E-state index is 13.3. The van der Waals surface area contributed by atoms with Crippen molar-refractivity contribution in [3.8, 4) is 0 Å². The fourth-order valence-corrected chi connectivity index (χ4v) is 8.47. The van der Waals surface area contributed by atoms with Gasteiger partial charge in [-0.3, -0.25) is 19.6 Å². The number of aromatic nitrogens is 2. The molecule has 2 aromatic carbocycles. The number of carbonyl (C=O) groups is 2. The molecule has 2 aromatic heterocycles. The van der Waals surface area contributed by atoms with E-state index < -0.39 is 0 Å². The Morgan fingerprint density at radius 2 is 1.05 bits per heavy atom. The molecule has 2 heterocycles. The van der Waals surface area contributed by atoms with Crippen LogP contribution in [-0.2, 0) is 0 Å². The largest absolute Gasteiger partial charge is 0.349 e. The van der Waals surface area contributed by atoms with Crippen molar-refractivity contribution in [3.05, 3.63) is 72.1 Å². The number of nitrogens with one attached hydrogen (secondary N) is 2. The van der Waals surface area contributed by atoms with Crippen molar-refractivity contribution in [2.75, 3.05) is 0 Å². The molecule has 0 saturated heterocycles. The van der Waals surface area contributed by atoms with Gasteiger partial charge in [-0.25, -0.2) is 0 Å². The number of hydrogen-bond donors (Lipinski definition) is 2. The van der Waals surface area contributed by atoms with Gasteiger partial charge in [-0.05, 0) is 99.6 Å². The van der Waals surface area contributed by atoms with Crippen molar-refractivity contribution < 1.29 is 9.59 Å². The minimum absolute atomic E-state index is 0.0324. The van der Waals surface area contributed by atoms with Gasteiger partial charge in [0.15, 0.2) is 0 Å². The van der Waals surface area contributed by atoms with Crippen molar-refractivity contribution in [1.29, 1.82) is 0 Å². The molecule has 0 spiro atoms. The monoisotopic (exact) mass is 598 g/mol. The number of nitrogens with zero attached hydrogens (tertiary/aromatic N) is 2. The summed E-state index contributed by atoms with van der Waals surface area (Å²) in [4.78, 5) is 37.8. The van der Waals surface area contributed by atoms with E-state index in [0.29, 0.717) is 11.1 Å². The first-order valence-corrected chi connectivity index (χ1v) is 17.3. The molecule has 2 fully saturated rings. The van der Waals surface area contributed by atoms with E-state index in [4.69, 9.17) is 0 Å². The van der Waals surface area contributed by atoms with Crippen LogP contribution in [0.25, 0.3) is 21.8 Å². The normalized spacial score (nSPS) is 22.6. The van der Waals surface area contributed by atoms with E-state index in [1.165, 1.54) is 0 Å². The third-order valence-corrected chi connectivity index (χ3v) is 11.2. The van der Waals surface area contributed by atoms with Crippen LogP contribution in [0.2, 0.25) is 0 Å². The van der Waals surface area contributed by atoms with Gasteiger partial charge in [-0.15, -0.1) is 0 Å². The Bertz CT molecular complexity index is 1470. The number of amides is 2. The SMILES string of the molecule is CC1CCC(NC(=O)c2cc(SSc3cc(C(=O)NC4CCC(C)CC4)cc4cccnc34)c3ncccc3c2)CC1. The number of carbonyl (C=O) groups excluding carboxylic acids is 2. The first-order chi connectivity index (χ1) is 20.4. The molecule has 2 aliphatic carbocycles. The fraction of sp³-hybridized carbons (Fsp3) is 0.412. The van der Waals surface area contributed by atoms with Gasteiger partial charge in [0, 0.05) is 56.2 Å². The third-order valence-electron chi connectivity index (χ3n) is 8.79. The maximum absolute atomic E-state index is 13.3. The highest BCUT2D eigenvalue weighted by Gasteiger charge is 2.23. The summed E-state index contributed by atoms with van der Waals surface area (Å²) in [5.41, 5.74) is 3.01. The summed E-state index contributed by atoms with van der Waals surface area (Å²) in [7, 11) is 3.11. The highest BCUT2D eigenvalue weighted by atomic mass is 33.1. The molecule has 42 heavy (non-hydrogen) atoms. The molecule has 6 nitrogen and oxygen atoms in total. The predicted octanol–water partition coefficient (Wildman–Crippen LogP) is 8.20. The lowest BCUT2D eigenvalue weighted by Crippen LogP contribution is -2.37. The second-order valence-electron chi connectivity index (χ2n) is 12.1. The van der Waals surface area contributed by atoms with E-state index in [2.05, 4.69) is 34.4 Å². The van der Waals surface area contributed by atoms with Crippen molar-refractivity contribution >= 4 is 55.2 Å². The molecule has 2 N–H and O–H groups in total. The Kier molecular flexibility index (Phi) is 9.00. The Labute approximate surface area is 255 Å². The van der Waals surface area contributed by atoms with E-state index in [1.54, 1.807) is 34.0 Å². The zero-order valence-electron chi connectivity index (χ0n) is 24.3. The van der Waals surface area contributed by atoms with Crippen LogP contribution in [-0.4, -0.2) is 33.9 Å². The summed E-state index contributed by atoms with van der Waals surface area (Å²) in [5, 5.41) is 8.41. The number of hydrogen-bond acceptors (Lipinski definition) is 6. The summed E-state index contributed by atoms with van der Waals surface area (Å²) in [6, 6.07) is 16.0. The van der Waals surface area contributed by atoms with Crippen LogP contribution in [0.4, 0.5) is 0 Å². The van der Waals surface area contributed by atoms with Gasteiger partial charge in [0.2, 0.25) is 0 Å². The van der Waals surface area contributed by atoms with E-state index in [9.17, 15) is 9.59 Å². The molecule has 0 atom stereocenters. The zero-order valence-corrected chi connectivity index (χ0v) is 25.9. The van der Waals surface area contributed by atoms with Crippen LogP contribution >= 0.6 is 21.6 Å². The molecule has 4 aromatic rings. The Morgan fingerprint density at radius 1 is 0.643 bits per heavy atom. The average molecular weight is 599 g/mol. The molecule has 8 heteroatoms. The quantitative estimate of drug-likeness (QED) is 0.209. The first-order valence-electron chi connectivity index (χ1n) is 15.2. The summed E-state index contributed by atoms with van der Waals surface area (Å²) in [6.07, 6.45) is 12.3. The minimum Gasteiger partial charge on any atom is -0.349 e. The smallest absolute Gasteiger partial charge is 0.251 e. The molecule has 0 radical (unpaired) electrons. The highest BCUT2D eigenvalue weighted by molar-refractivity contribution is 8.76. The van der Waals surface area contributed by atoms with E-state index >= 15 is 0 Å². The number of benzene rings is 2. The number of rotatable bonds is 7. The van der Waals surface area contributed by atoms with Gasteiger partial charge < -0.3 is 10.6 Å². The van der Waals surface area contributed by atoms with Crippen LogP contribution in [0.15, 0.2) is 70.7 Å². The molecule has 0 unspecified atom stereocenters. The molecule has 0 bridgehead atoms. The standard InChI is InChI=1S/C34H38N4O2S2/c1-21-7-11-27(12-8-21)37-33(39)25-17-23-5-3-15-35-31(23)29(19-25)41-42-30-20-26(18-24-6-4-16-36-32(24)30)34(40)38-28-13-9-22(2)10-14-28/h3-6,15-22,27-28H,7-14H2,1-2H3,(H,37,39)(H,38,40). The van der Waals surface area contributed by atoms with Gasteiger partial charge in [0.1, 0.15) is 0 Å². The topological polar surface area (TPSA) is 84.0 Å². The molecule has 218 valence electrons. The van der Waals surface area contributed by atoms with E-state index in [1.807, 2.05) is 48.5 Å². The summed E-state index contributed by atoms with van der Waals surface area (Å²) in [5.74, 6) is 1.40. The van der Waals surface area contributed by atoms with Crippen molar-refractivity contribution in [3.63, 3.8) is 0 Å². The molecule has 2 saturated carbocycles. The van der Waals surface area contributed by atoms with Gasteiger partial charge in [-0.2, -0.15) is 0 Å². The van der Waals surface area contributed by atoms with Crippen molar-refractivity contribution in [1.82, 2.24) is 20.6 Å². The van der Waals surface area contributed by atoms with Gasteiger partial charge >= 0.3 is 0 Å². The molecular formula is C34H38N4O2S2. The number of fused-ring (bicyclic) bond motifs is 2. The average Bonchev–Trinajstić information content (AvgIpc) is 3.01. The van der Waals surface area contributed by atoms with Crippen molar-refractivity contribution in [2.45, 2.75) is 87.1 Å². The summed E-state index contributed by atoms with van der Waals surface area (Å²) >= 11 is 0. The highest BCUT2D eigenvalue weighted by Crippen LogP contribution is 2.43. The van der Waals surface area contributed by atoms with Crippen LogP contribution in [0.1, 0.15) is 85.9 Å². The first kappa shape index (κ1) is 29.0. The van der Waals surface area contributed by atoms with Crippen molar-refractivity contribution in [2.24, 2.45) is 11.8 Å². The lowest BCUT2D eigenvalue weighted by Gasteiger charge is -2.27. The summed E-state index contributed by atoms with van der Waals surface area (Å²) < 4.78 is 0. The molecule has 6 rings (SSSR count). The zero-order chi connectivity index (χ0) is 29.1. The van der Waals surface area contributed by atoms with Gasteiger partial charge in [-0.1, -0.05) is 47.6 Å². The Hall–Kier alpha value is -3.10. The van der Waals surface area contributed by atoms with Gasteiger partial charge in [0.05, 0.1) is 11.0 Å². The van der Waals surface area contributed by atoms with E-state index in [0.717, 1.165) is 94.8 Å².